The van der Waals surface area contributed by atoms with Crippen molar-refractivity contribution in [3.63, 3.8) is 0 Å². The number of hydrogen-bond donors (Lipinski definition) is 1. The molecule has 2 rings (SSSR count). The van der Waals surface area contributed by atoms with Gasteiger partial charge in [0.15, 0.2) is 5.78 Å². The van der Waals surface area contributed by atoms with Gasteiger partial charge in [-0.25, -0.2) is 0 Å². The molecule has 1 N–H and O–H groups in total. The van der Waals surface area contributed by atoms with Crippen LogP contribution in [0.3, 0.4) is 0 Å². The second kappa shape index (κ2) is 6.44. The molecule has 0 saturated carbocycles. The van der Waals surface area contributed by atoms with E-state index in [-0.39, 0.29) is 17.1 Å². The molecule has 5 heteroatoms. The Morgan fingerprint density at radius 1 is 1.15 bits per heavy atom. The molecule has 0 atom stereocenters. The molecule has 2 aromatic carbocycles. The van der Waals surface area contributed by atoms with Crippen LogP contribution in [0.4, 0.5) is 0 Å². The highest BCUT2D eigenvalue weighted by Gasteiger charge is 2.09. The summed E-state index contributed by atoms with van der Waals surface area (Å²) >= 11 is 15.1. The minimum absolute atomic E-state index is 0.0648. The molecule has 0 aliphatic heterocycles. The monoisotopic (exact) mass is 370 g/mol. The summed E-state index contributed by atoms with van der Waals surface area (Å²) in [6.45, 7) is 0. The molecule has 0 aliphatic rings. The second-order valence-corrected chi connectivity index (χ2v) is 5.78. The average molecular weight is 372 g/mol. The first kappa shape index (κ1) is 15.1. The molecule has 0 saturated heterocycles. The molecule has 0 unspecified atom stereocenters. The Morgan fingerprint density at radius 3 is 2.60 bits per heavy atom. The van der Waals surface area contributed by atoms with Gasteiger partial charge in [-0.2, -0.15) is 0 Å². The van der Waals surface area contributed by atoms with E-state index in [1.807, 2.05) is 0 Å². The highest BCUT2D eigenvalue weighted by atomic mass is 79.9. The maximum Gasteiger partial charge on any atom is 0.189 e. The molecule has 2 nitrogen and oxygen atoms in total. The van der Waals surface area contributed by atoms with Crippen molar-refractivity contribution < 1.29 is 9.90 Å². The van der Waals surface area contributed by atoms with E-state index < -0.39 is 0 Å². The largest absolute Gasteiger partial charge is 0.507 e. The Hall–Kier alpha value is -1.29. The Bertz CT molecular complexity index is 696. The summed E-state index contributed by atoms with van der Waals surface area (Å²) in [4.78, 5) is 12.0. The Labute approximate surface area is 134 Å². The predicted molar refractivity (Wildman–Crippen MR) is 85.6 cm³/mol. The fourth-order valence-electron chi connectivity index (χ4n) is 1.60. The lowest BCUT2D eigenvalue weighted by atomic mass is 10.1. The van der Waals surface area contributed by atoms with Gasteiger partial charge >= 0.3 is 0 Å². The lowest BCUT2D eigenvalue weighted by Crippen LogP contribution is -1.94. The van der Waals surface area contributed by atoms with Gasteiger partial charge in [-0.05, 0) is 48.0 Å². The van der Waals surface area contributed by atoms with Gasteiger partial charge in [0, 0.05) is 14.5 Å². The fraction of sp³-hybridized carbons (Fsp3) is 0. The van der Waals surface area contributed by atoms with Crippen LogP contribution in [-0.4, -0.2) is 10.9 Å². The van der Waals surface area contributed by atoms with Crippen LogP contribution in [0, 0.1) is 0 Å². The van der Waals surface area contributed by atoms with Crippen LogP contribution in [0.25, 0.3) is 6.08 Å². The maximum atomic E-state index is 12.0. The van der Waals surface area contributed by atoms with Crippen molar-refractivity contribution in [3.05, 3.63) is 68.1 Å². The highest BCUT2D eigenvalue weighted by molar-refractivity contribution is 9.10. The van der Waals surface area contributed by atoms with Crippen molar-refractivity contribution in [2.24, 2.45) is 0 Å². The molecule has 0 spiro atoms. The number of rotatable bonds is 3. The summed E-state index contributed by atoms with van der Waals surface area (Å²) < 4.78 is 0.719. The summed E-state index contributed by atoms with van der Waals surface area (Å²) in [6, 6.07) is 9.69. The lowest BCUT2D eigenvalue weighted by molar-refractivity contribution is 0.104. The van der Waals surface area contributed by atoms with Gasteiger partial charge in [0.25, 0.3) is 0 Å². The first-order chi connectivity index (χ1) is 9.47. The first-order valence-electron chi connectivity index (χ1n) is 5.63. The van der Waals surface area contributed by atoms with E-state index in [1.54, 1.807) is 36.4 Å². The number of carbonyl (C=O) groups is 1. The minimum atomic E-state index is -0.310. The van der Waals surface area contributed by atoms with E-state index in [1.165, 1.54) is 12.1 Å². The molecule has 0 heterocycles. The van der Waals surface area contributed by atoms with Gasteiger partial charge in [0.1, 0.15) is 5.75 Å². The predicted octanol–water partition coefficient (Wildman–Crippen LogP) is 5.36. The third-order valence-electron chi connectivity index (χ3n) is 2.60. The summed E-state index contributed by atoms with van der Waals surface area (Å²) in [6.07, 6.45) is 2.94. The van der Waals surface area contributed by atoms with E-state index in [2.05, 4.69) is 15.9 Å². The van der Waals surface area contributed by atoms with Crippen molar-refractivity contribution in [3.8, 4) is 5.75 Å². The lowest BCUT2D eigenvalue weighted by Gasteiger charge is -2.02. The molecule has 0 radical (unpaired) electrons. The summed E-state index contributed by atoms with van der Waals surface area (Å²) in [5.74, 6) is -0.375. The van der Waals surface area contributed by atoms with E-state index in [0.717, 1.165) is 4.47 Å². The Kier molecular flexibility index (Phi) is 4.86. The molecular formula is C15H9BrCl2O2. The zero-order valence-corrected chi connectivity index (χ0v) is 13.2. The Morgan fingerprint density at radius 2 is 1.90 bits per heavy atom. The van der Waals surface area contributed by atoms with Gasteiger partial charge in [-0.15, -0.1) is 0 Å². The summed E-state index contributed by atoms with van der Waals surface area (Å²) in [7, 11) is 0. The van der Waals surface area contributed by atoms with Crippen molar-refractivity contribution in [2.75, 3.05) is 0 Å². The Balaban J connectivity index is 2.27. The number of phenolic OH excluding ortho intramolecular Hbond substituents is 1. The number of halogens is 3. The SMILES string of the molecule is O=C(C=Cc1ccc(Cl)cc1Cl)c1cc(Br)ccc1O. The first-order valence-corrected chi connectivity index (χ1v) is 7.18. The number of ketones is 1. The van der Waals surface area contributed by atoms with E-state index >= 15 is 0 Å². The zero-order valence-electron chi connectivity index (χ0n) is 10.1. The molecule has 0 amide bonds. The van der Waals surface area contributed by atoms with Crippen LogP contribution in [0.5, 0.6) is 5.75 Å². The second-order valence-electron chi connectivity index (χ2n) is 4.02. The summed E-state index contributed by atoms with van der Waals surface area (Å²) in [5, 5.41) is 10.7. The van der Waals surface area contributed by atoms with Gasteiger partial charge in [0.2, 0.25) is 0 Å². The van der Waals surface area contributed by atoms with Crippen LogP contribution >= 0.6 is 39.1 Å². The van der Waals surface area contributed by atoms with Crippen LogP contribution in [0.2, 0.25) is 10.0 Å². The van der Waals surface area contributed by atoms with Crippen LogP contribution in [0.15, 0.2) is 46.9 Å². The normalized spacial score (nSPS) is 10.9. The van der Waals surface area contributed by atoms with E-state index in [9.17, 15) is 9.90 Å². The third kappa shape index (κ3) is 3.63. The standard InChI is InChI=1S/C15H9BrCl2O2/c16-10-3-6-15(20)12(7-10)14(19)5-2-9-1-4-11(17)8-13(9)18/h1-8,20H. The van der Waals surface area contributed by atoms with Gasteiger partial charge in [-0.1, -0.05) is 45.2 Å². The molecule has 2 aromatic rings. The highest BCUT2D eigenvalue weighted by Crippen LogP contribution is 2.24. The van der Waals surface area contributed by atoms with Gasteiger partial charge < -0.3 is 5.11 Å². The molecule has 0 aromatic heterocycles. The van der Waals surface area contributed by atoms with E-state index in [0.29, 0.717) is 15.6 Å². The van der Waals surface area contributed by atoms with Gasteiger partial charge in [-0.3, -0.25) is 4.79 Å². The molecule has 0 fully saturated rings. The van der Waals surface area contributed by atoms with Crippen molar-refractivity contribution in [1.82, 2.24) is 0 Å². The number of aromatic hydroxyl groups is 1. The number of hydrogen-bond acceptors (Lipinski definition) is 2. The molecule has 0 bridgehead atoms. The number of benzene rings is 2. The smallest absolute Gasteiger partial charge is 0.189 e. The molecular weight excluding hydrogens is 363 g/mol. The van der Waals surface area contributed by atoms with Crippen molar-refractivity contribution >= 4 is 51.0 Å². The molecule has 20 heavy (non-hydrogen) atoms. The fourth-order valence-corrected chi connectivity index (χ4v) is 2.43. The third-order valence-corrected chi connectivity index (χ3v) is 3.66. The quantitative estimate of drug-likeness (QED) is 0.582. The van der Waals surface area contributed by atoms with Gasteiger partial charge in [0.05, 0.1) is 5.56 Å². The topological polar surface area (TPSA) is 37.3 Å². The van der Waals surface area contributed by atoms with Crippen molar-refractivity contribution in [1.29, 1.82) is 0 Å². The molecule has 102 valence electrons. The summed E-state index contributed by atoms with van der Waals surface area (Å²) in [5.41, 5.74) is 0.902. The number of carbonyl (C=O) groups excluding carboxylic acids is 1. The maximum absolute atomic E-state index is 12.0. The minimum Gasteiger partial charge on any atom is -0.507 e. The van der Waals surface area contributed by atoms with Crippen LogP contribution in [-0.2, 0) is 0 Å². The van der Waals surface area contributed by atoms with Crippen LogP contribution < -0.4 is 0 Å². The molecule has 0 aliphatic carbocycles. The number of phenols is 1. The van der Waals surface area contributed by atoms with Crippen molar-refractivity contribution in [2.45, 2.75) is 0 Å². The zero-order chi connectivity index (χ0) is 14.7. The van der Waals surface area contributed by atoms with Crippen LogP contribution in [0.1, 0.15) is 15.9 Å². The van der Waals surface area contributed by atoms with E-state index in [4.69, 9.17) is 23.2 Å². The number of allylic oxidation sites excluding steroid dienone is 1. The average Bonchev–Trinajstić information content (AvgIpc) is 2.40.